The molecule has 0 aliphatic carbocycles. The number of H-pyrrole nitrogens is 2. The molecule has 3 N–H and O–H groups in total. The quantitative estimate of drug-likeness (QED) is 0.223. The Labute approximate surface area is 253 Å². The summed E-state index contributed by atoms with van der Waals surface area (Å²) in [4.78, 5) is 24.1. The van der Waals surface area contributed by atoms with Crippen LogP contribution in [0.1, 0.15) is 30.4 Å². The van der Waals surface area contributed by atoms with E-state index in [1.54, 1.807) is 24.5 Å². The molecule has 0 atom stereocenters. The normalized spacial score (nSPS) is 14.5. The second-order valence-corrected chi connectivity index (χ2v) is 13.0. The highest BCUT2D eigenvalue weighted by Crippen LogP contribution is 2.32. The van der Waals surface area contributed by atoms with E-state index in [2.05, 4.69) is 45.8 Å². The molecule has 224 valence electrons. The summed E-state index contributed by atoms with van der Waals surface area (Å²) in [7, 11) is -3.44. The number of benzene rings is 1. The molecule has 6 heterocycles. The van der Waals surface area contributed by atoms with Crippen LogP contribution in [0.5, 0.6) is 0 Å². The minimum Gasteiger partial charge on any atom is -0.335 e. The zero-order valence-electron chi connectivity index (χ0n) is 24.0. The highest BCUT2D eigenvalue weighted by atomic mass is 32.2. The number of aromatic nitrogens is 7. The average Bonchev–Trinajstić information content (AvgIpc) is 3.64. The summed E-state index contributed by atoms with van der Waals surface area (Å²) >= 11 is 0. The second kappa shape index (κ2) is 11.5. The number of hydrogen-bond donors (Lipinski definition) is 3. The molecule has 1 fully saturated rings. The number of imidazole rings is 1. The van der Waals surface area contributed by atoms with Crippen LogP contribution in [0, 0.1) is 5.82 Å². The predicted octanol–water partition coefficient (Wildman–Crippen LogP) is 4.80. The van der Waals surface area contributed by atoms with Gasteiger partial charge in [0.05, 0.1) is 17.2 Å². The van der Waals surface area contributed by atoms with Gasteiger partial charge in [-0.3, -0.25) is 15.0 Å². The lowest BCUT2D eigenvalue weighted by molar-refractivity contribution is 0.220. The number of nitrogens with one attached hydrogen (secondary N) is 3. The number of halogens is 1. The zero-order valence-corrected chi connectivity index (χ0v) is 24.8. The van der Waals surface area contributed by atoms with Crippen LogP contribution in [0.4, 0.5) is 4.39 Å². The van der Waals surface area contributed by atoms with Gasteiger partial charge in [0.15, 0.2) is 17.1 Å². The van der Waals surface area contributed by atoms with E-state index in [1.807, 2.05) is 18.5 Å². The van der Waals surface area contributed by atoms with Crippen LogP contribution in [-0.4, -0.2) is 67.8 Å². The molecule has 11 nitrogen and oxygen atoms in total. The van der Waals surface area contributed by atoms with Gasteiger partial charge in [0, 0.05) is 54.6 Å². The Balaban J connectivity index is 1.23. The summed E-state index contributed by atoms with van der Waals surface area (Å²) in [5.74, 6) is 0.0268. The molecule has 0 spiro atoms. The van der Waals surface area contributed by atoms with Crippen LogP contribution in [0.25, 0.3) is 56.0 Å². The first kappa shape index (κ1) is 28.2. The van der Waals surface area contributed by atoms with Crippen LogP contribution in [-0.2, 0) is 23.1 Å². The molecule has 13 heteroatoms. The van der Waals surface area contributed by atoms with Crippen LogP contribution < -0.4 is 4.72 Å². The van der Waals surface area contributed by atoms with Crippen molar-refractivity contribution in [3.05, 3.63) is 78.1 Å². The Morgan fingerprint density at radius 3 is 2.59 bits per heavy atom. The third-order valence-electron chi connectivity index (χ3n) is 7.83. The maximum Gasteiger partial charge on any atom is 0.209 e. The molecule has 5 aromatic heterocycles. The average molecular weight is 612 g/mol. The fourth-order valence-corrected chi connectivity index (χ4v) is 6.17. The van der Waals surface area contributed by atoms with Gasteiger partial charge in [0.1, 0.15) is 11.5 Å². The Hall–Kier alpha value is -4.59. The number of sulfonamides is 1. The van der Waals surface area contributed by atoms with E-state index in [9.17, 15) is 12.8 Å². The van der Waals surface area contributed by atoms with Crippen molar-refractivity contribution in [1.29, 1.82) is 0 Å². The molecule has 0 bridgehead atoms. The first-order valence-electron chi connectivity index (χ1n) is 14.4. The summed E-state index contributed by atoms with van der Waals surface area (Å²) in [6.07, 6.45) is 12.0. The van der Waals surface area contributed by atoms with Crippen molar-refractivity contribution >= 4 is 32.2 Å². The van der Waals surface area contributed by atoms with E-state index in [-0.39, 0.29) is 6.54 Å². The van der Waals surface area contributed by atoms with E-state index in [4.69, 9.17) is 4.98 Å². The van der Waals surface area contributed by atoms with Crippen molar-refractivity contribution in [3.63, 3.8) is 0 Å². The predicted molar refractivity (Wildman–Crippen MR) is 166 cm³/mol. The van der Waals surface area contributed by atoms with Crippen molar-refractivity contribution in [2.24, 2.45) is 0 Å². The van der Waals surface area contributed by atoms with Crippen LogP contribution in [0.3, 0.4) is 0 Å². The molecule has 0 unspecified atom stereocenters. The van der Waals surface area contributed by atoms with Gasteiger partial charge < -0.3 is 4.98 Å². The molecule has 0 amide bonds. The number of fused-ring (bicyclic) bond motifs is 2. The molecule has 1 saturated heterocycles. The van der Waals surface area contributed by atoms with Gasteiger partial charge in [0.25, 0.3) is 0 Å². The maximum absolute atomic E-state index is 14.6. The lowest BCUT2D eigenvalue weighted by atomic mass is 10.0. The molecular formula is C31H30FN9O2S. The number of rotatable bonds is 8. The van der Waals surface area contributed by atoms with Crippen molar-refractivity contribution in [3.8, 4) is 33.8 Å². The zero-order chi connectivity index (χ0) is 30.3. The molecule has 1 aromatic carbocycles. The number of aromatic amines is 2. The smallest absolute Gasteiger partial charge is 0.209 e. The topological polar surface area (TPSA) is 145 Å². The van der Waals surface area contributed by atoms with Crippen LogP contribution >= 0.6 is 0 Å². The van der Waals surface area contributed by atoms with Crippen molar-refractivity contribution in [2.75, 3.05) is 19.3 Å². The van der Waals surface area contributed by atoms with E-state index >= 15 is 0 Å². The third kappa shape index (κ3) is 5.94. The molecular weight excluding hydrogens is 581 g/mol. The van der Waals surface area contributed by atoms with Gasteiger partial charge in [-0.1, -0.05) is 6.42 Å². The Bertz CT molecular complexity index is 2100. The summed E-state index contributed by atoms with van der Waals surface area (Å²) in [5.41, 5.74) is 7.02. The standard InChI is InChI=1S/C31H30FN9O2S/c1-44(42,43)36-15-19-9-21(12-24(32)11-19)25-5-6-34-30-27(25)37-31(38-30)28-26-13-23(17-35-29(26)40-39-28)22-10-20(14-33-16-22)18-41-7-3-2-4-8-41/h5-6,9-14,16-17,36H,2-4,7-8,15,18H2,1H3,(H,34,37,38)(H,35,39,40). The first-order valence-corrected chi connectivity index (χ1v) is 16.3. The first-order chi connectivity index (χ1) is 21.3. The number of pyridine rings is 3. The minimum atomic E-state index is -3.44. The Kier molecular flexibility index (Phi) is 7.36. The highest BCUT2D eigenvalue weighted by molar-refractivity contribution is 7.88. The van der Waals surface area contributed by atoms with Crippen molar-refractivity contribution in [2.45, 2.75) is 32.4 Å². The SMILES string of the molecule is CS(=O)(=O)NCc1cc(F)cc(-c2ccnc3nc(-c4[nH]nc5ncc(-c6cncc(CN7CCCCC7)c6)cc45)[nH]c23)c1. The van der Waals surface area contributed by atoms with Crippen LogP contribution in [0.15, 0.2) is 61.2 Å². The molecule has 0 radical (unpaired) electrons. The van der Waals surface area contributed by atoms with E-state index < -0.39 is 15.8 Å². The number of piperidine rings is 1. The van der Waals surface area contributed by atoms with Crippen molar-refractivity contribution < 1.29 is 12.8 Å². The van der Waals surface area contributed by atoms with E-state index in [0.717, 1.165) is 42.4 Å². The molecule has 6 aromatic rings. The molecule has 7 rings (SSSR count). The number of nitrogens with zero attached hydrogens (tertiary/aromatic N) is 6. The lowest BCUT2D eigenvalue weighted by Gasteiger charge is -2.26. The summed E-state index contributed by atoms with van der Waals surface area (Å²) in [5, 5.41) is 8.24. The molecule has 0 saturated carbocycles. The van der Waals surface area contributed by atoms with Gasteiger partial charge >= 0.3 is 0 Å². The third-order valence-corrected chi connectivity index (χ3v) is 8.50. The maximum atomic E-state index is 14.6. The summed E-state index contributed by atoms with van der Waals surface area (Å²) in [6, 6.07) is 10.4. The van der Waals surface area contributed by atoms with Gasteiger partial charge in [-0.05, 0) is 79.0 Å². The fraction of sp³-hybridized carbons (Fsp3) is 0.258. The van der Waals surface area contributed by atoms with Gasteiger partial charge in [-0.25, -0.2) is 32.5 Å². The minimum absolute atomic E-state index is 0.0296. The largest absolute Gasteiger partial charge is 0.335 e. The number of likely N-dealkylation sites (tertiary alicyclic amines) is 1. The monoisotopic (exact) mass is 611 g/mol. The Morgan fingerprint density at radius 2 is 1.75 bits per heavy atom. The van der Waals surface area contributed by atoms with Gasteiger partial charge in [0.2, 0.25) is 10.0 Å². The van der Waals surface area contributed by atoms with E-state index in [0.29, 0.717) is 45.0 Å². The lowest BCUT2D eigenvalue weighted by Crippen LogP contribution is -2.29. The summed E-state index contributed by atoms with van der Waals surface area (Å²) in [6.45, 7) is 3.08. The second-order valence-electron chi connectivity index (χ2n) is 11.2. The number of hydrogen-bond acceptors (Lipinski definition) is 8. The van der Waals surface area contributed by atoms with Gasteiger partial charge in [-0.15, -0.1) is 0 Å². The highest BCUT2D eigenvalue weighted by Gasteiger charge is 2.18. The van der Waals surface area contributed by atoms with Crippen LogP contribution in [0.2, 0.25) is 0 Å². The fourth-order valence-electron chi connectivity index (χ4n) is 5.74. The van der Waals surface area contributed by atoms with Crippen molar-refractivity contribution in [1.82, 2.24) is 44.7 Å². The Morgan fingerprint density at radius 1 is 0.932 bits per heavy atom. The molecule has 44 heavy (non-hydrogen) atoms. The molecule has 1 aliphatic rings. The molecule has 1 aliphatic heterocycles. The van der Waals surface area contributed by atoms with Gasteiger partial charge in [-0.2, -0.15) is 5.10 Å². The van der Waals surface area contributed by atoms with E-state index in [1.165, 1.54) is 37.0 Å². The summed E-state index contributed by atoms with van der Waals surface area (Å²) < 4.78 is 40.2.